The van der Waals surface area contributed by atoms with Gasteiger partial charge in [-0.15, -0.1) is 0 Å². The van der Waals surface area contributed by atoms with Gasteiger partial charge in [-0.25, -0.2) is 0 Å². The Morgan fingerprint density at radius 2 is 2.27 bits per heavy atom. The highest BCUT2D eigenvalue weighted by Crippen LogP contribution is 1.88. The van der Waals surface area contributed by atoms with E-state index >= 15 is 0 Å². The molecule has 0 rings (SSSR count). The van der Waals surface area contributed by atoms with Crippen molar-refractivity contribution in [2.24, 2.45) is 5.73 Å². The lowest BCUT2D eigenvalue weighted by Crippen LogP contribution is -2.32. The van der Waals surface area contributed by atoms with E-state index in [2.05, 4.69) is 5.32 Å². The molecule has 0 amide bonds. The topological polar surface area (TPSA) is 95.6 Å². The number of hydrogen-bond acceptors (Lipinski definition) is 4. The van der Waals surface area contributed by atoms with Crippen LogP contribution in [0.2, 0.25) is 0 Å². The average molecular weight is 162 g/mol. The summed E-state index contributed by atoms with van der Waals surface area (Å²) in [5.41, 5.74) is 5.16. The Bertz CT molecular complexity index is 118. The summed E-state index contributed by atoms with van der Waals surface area (Å²) in [6.07, 6.45) is -1.04. The zero-order chi connectivity index (χ0) is 8.69. The molecular formula is C6H14N2O3. The van der Waals surface area contributed by atoms with E-state index in [4.69, 9.17) is 15.9 Å². The molecule has 0 saturated heterocycles. The molecule has 0 spiro atoms. The van der Waals surface area contributed by atoms with Crippen molar-refractivity contribution < 1.29 is 15.0 Å². The molecule has 0 heterocycles. The van der Waals surface area contributed by atoms with Crippen LogP contribution in [-0.4, -0.2) is 41.9 Å². The first-order valence-corrected chi connectivity index (χ1v) is 3.47. The highest BCUT2D eigenvalue weighted by molar-refractivity contribution is 5.67. The van der Waals surface area contributed by atoms with Crippen LogP contribution in [0.25, 0.3) is 0 Å². The third kappa shape index (κ3) is 7.24. The number of hydrogen-bond donors (Lipinski definition) is 4. The lowest BCUT2D eigenvalue weighted by atomic mass is 10.2. The minimum absolute atomic E-state index is 0.225. The molecule has 0 radical (unpaired) electrons. The third-order valence-corrected chi connectivity index (χ3v) is 1.11. The van der Waals surface area contributed by atoms with Gasteiger partial charge in [0.15, 0.2) is 0 Å². The fourth-order valence-corrected chi connectivity index (χ4v) is 0.644. The van der Waals surface area contributed by atoms with Crippen LogP contribution in [0.5, 0.6) is 0 Å². The first-order valence-electron chi connectivity index (χ1n) is 3.47. The van der Waals surface area contributed by atoms with E-state index in [1.807, 2.05) is 0 Å². The predicted octanol–water partition coefficient (Wildman–Crippen LogP) is -1.63. The van der Waals surface area contributed by atoms with Crippen molar-refractivity contribution in [2.75, 3.05) is 19.6 Å². The molecule has 5 N–H and O–H groups in total. The molecule has 66 valence electrons. The molecule has 1 unspecified atom stereocenters. The van der Waals surface area contributed by atoms with Gasteiger partial charge in [-0.2, -0.15) is 0 Å². The molecule has 0 fully saturated rings. The van der Waals surface area contributed by atoms with Crippen LogP contribution in [0.4, 0.5) is 0 Å². The van der Waals surface area contributed by atoms with E-state index in [0.29, 0.717) is 13.1 Å². The number of carboxylic acid groups (broad SMARTS) is 1. The van der Waals surface area contributed by atoms with Crippen LogP contribution in [-0.2, 0) is 4.79 Å². The number of aliphatic carboxylic acids is 1. The van der Waals surface area contributed by atoms with Crippen molar-refractivity contribution in [3.8, 4) is 0 Å². The first kappa shape index (κ1) is 10.3. The number of aliphatic hydroxyl groups excluding tert-OH is 1. The maximum absolute atomic E-state index is 10.0. The van der Waals surface area contributed by atoms with Gasteiger partial charge in [0.2, 0.25) is 0 Å². The largest absolute Gasteiger partial charge is 0.481 e. The van der Waals surface area contributed by atoms with Crippen molar-refractivity contribution in [2.45, 2.75) is 12.5 Å². The molecule has 0 aliphatic rings. The van der Waals surface area contributed by atoms with Gasteiger partial charge in [0.25, 0.3) is 0 Å². The fourth-order valence-electron chi connectivity index (χ4n) is 0.644. The molecule has 0 bridgehead atoms. The lowest BCUT2D eigenvalue weighted by molar-refractivity contribution is -0.139. The minimum Gasteiger partial charge on any atom is -0.481 e. The summed E-state index contributed by atoms with van der Waals surface area (Å²) in [5.74, 6) is -0.993. The summed E-state index contributed by atoms with van der Waals surface area (Å²) in [7, 11) is 0. The molecule has 0 aromatic heterocycles. The van der Waals surface area contributed by atoms with Crippen LogP contribution in [0.1, 0.15) is 6.42 Å². The quantitative estimate of drug-likeness (QED) is 0.352. The highest BCUT2D eigenvalue weighted by Gasteiger charge is 2.07. The first-order chi connectivity index (χ1) is 5.16. The minimum atomic E-state index is -0.993. The summed E-state index contributed by atoms with van der Waals surface area (Å²) >= 11 is 0. The third-order valence-electron chi connectivity index (χ3n) is 1.11. The number of rotatable bonds is 6. The van der Waals surface area contributed by atoms with Gasteiger partial charge in [0, 0.05) is 19.6 Å². The zero-order valence-corrected chi connectivity index (χ0v) is 6.29. The van der Waals surface area contributed by atoms with Gasteiger partial charge in [-0.3, -0.25) is 4.79 Å². The Hall–Kier alpha value is -0.650. The van der Waals surface area contributed by atoms with E-state index in [-0.39, 0.29) is 13.0 Å². The molecule has 0 aliphatic carbocycles. The monoisotopic (exact) mass is 162 g/mol. The zero-order valence-electron chi connectivity index (χ0n) is 6.29. The van der Waals surface area contributed by atoms with Crippen LogP contribution < -0.4 is 11.1 Å². The summed E-state index contributed by atoms with van der Waals surface area (Å²) in [6, 6.07) is 0. The highest BCUT2D eigenvalue weighted by atomic mass is 16.4. The molecule has 0 aromatic carbocycles. The molecular weight excluding hydrogens is 148 g/mol. The van der Waals surface area contributed by atoms with Crippen molar-refractivity contribution >= 4 is 5.97 Å². The Kier molecular flexibility index (Phi) is 5.73. The van der Waals surface area contributed by atoms with E-state index in [9.17, 15) is 4.79 Å². The molecule has 11 heavy (non-hydrogen) atoms. The normalized spacial score (nSPS) is 12.9. The van der Waals surface area contributed by atoms with E-state index in [1.165, 1.54) is 0 Å². The van der Waals surface area contributed by atoms with Crippen molar-refractivity contribution in [1.82, 2.24) is 5.32 Å². The average Bonchev–Trinajstić information content (AvgIpc) is 1.86. The molecule has 5 heteroatoms. The number of nitrogens with one attached hydrogen (secondary N) is 1. The molecule has 0 aliphatic heterocycles. The number of aliphatic hydroxyl groups is 1. The van der Waals surface area contributed by atoms with Crippen molar-refractivity contribution in [3.63, 3.8) is 0 Å². The van der Waals surface area contributed by atoms with Gasteiger partial charge in [0.05, 0.1) is 12.5 Å². The summed E-state index contributed by atoms with van der Waals surface area (Å²) in [5, 5.41) is 20.0. The fraction of sp³-hybridized carbons (Fsp3) is 0.833. The second kappa shape index (κ2) is 6.09. The van der Waals surface area contributed by atoms with E-state index in [0.717, 1.165) is 0 Å². The molecule has 5 nitrogen and oxygen atoms in total. The maximum atomic E-state index is 10.0. The molecule has 0 saturated carbocycles. The van der Waals surface area contributed by atoms with E-state index in [1.54, 1.807) is 0 Å². The summed E-state index contributed by atoms with van der Waals surface area (Å²) in [6.45, 7) is 1.36. The SMILES string of the molecule is NCCNCC(O)CC(=O)O. The Morgan fingerprint density at radius 1 is 1.64 bits per heavy atom. The Morgan fingerprint density at radius 3 is 2.73 bits per heavy atom. The summed E-state index contributed by atoms with van der Waals surface area (Å²) < 4.78 is 0. The number of carbonyl (C=O) groups is 1. The summed E-state index contributed by atoms with van der Waals surface area (Å²) in [4.78, 5) is 10.0. The van der Waals surface area contributed by atoms with Crippen molar-refractivity contribution in [1.29, 1.82) is 0 Å². The van der Waals surface area contributed by atoms with E-state index < -0.39 is 12.1 Å². The number of nitrogens with two attached hydrogens (primary N) is 1. The second-order valence-corrected chi connectivity index (χ2v) is 2.24. The smallest absolute Gasteiger partial charge is 0.306 e. The van der Waals surface area contributed by atoms with Crippen molar-refractivity contribution in [3.05, 3.63) is 0 Å². The second-order valence-electron chi connectivity index (χ2n) is 2.24. The van der Waals surface area contributed by atoms with Gasteiger partial charge in [0.1, 0.15) is 0 Å². The van der Waals surface area contributed by atoms with Crippen LogP contribution in [0, 0.1) is 0 Å². The van der Waals surface area contributed by atoms with Crippen LogP contribution in [0.3, 0.4) is 0 Å². The van der Waals surface area contributed by atoms with Crippen LogP contribution in [0.15, 0.2) is 0 Å². The lowest BCUT2D eigenvalue weighted by Gasteiger charge is -2.07. The standard InChI is InChI=1S/C6H14N2O3/c7-1-2-8-4-5(9)3-6(10)11/h5,8-9H,1-4,7H2,(H,10,11). The van der Waals surface area contributed by atoms with Gasteiger partial charge >= 0.3 is 5.97 Å². The Labute approximate surface area is 65.2 Å². The van der Waals surface area contributed by atoms with Gasteiger partial charge in [-0.1, -0.05) is 0 Å². The van der Waals surface area contributed by atoms with Gasteiger partial charge < -0.3 is 21.3 Å². The maximum Gasteiger partial charge on any atom is 0.306 e. The molecule has 1 atom stereocenters. The number of carboxylic acids is 1. The van der Waals surface area contributed by atoms with Crippen LogP contribution >= 0.6 is 0 Å². The molecule has 0 aromatic rings. The van der Waals surface area contributed by atoms with Gasteiger partial charge in [-0.05, 0) is 0 Å². The predicted molar refractivity (Wildman–Crippen MR) is 40.2 cm³/mol. The Balaban J connectivity index is 3.22.